The van der Waals surface area contributed by atoms with E-state index >= 15 is 0 Å². The first-order chi connectivity index (χ1) is 17.8. The fourth-order valence-corrected chi connectivity index (χ4v) is 8.35. The summed E-state index contributed by atoms with van der Waals surface area (Å²) in [6.07, 6.45) is 5.01. The number of ether oxygens (including phenoxy) is 1. The molecule has 0 bridgehead atoms. The first kappa shape index (κ1) is 27.6. The van der Waals surface area contributed by atoms with Crippen molar-refractivity contribution >= 4 is 71.2 Å². The molecule has 1 aliphatic heterocycles. The molecule has 2 heterocycles. The summed E-state index contributed by atoms with van der Waals surface area (Å²) in [5.41, 5.74) is 1.84. The fourth-order valence-electron chi connectivity index (χ4n) is 3.96. The highest BCUT2D eigenvalue weighted by atomic mass is 35.5. The number of nitrogens with one attached hydrogen (secondary N) is 2. The zero-order valence-corrected chi connectivity index (χ0v) is 23.3. The lowest BCUT2D eigenvalue weighted by Crippen LogP contribution is -2.18. The van der Waals surface area contributed by atoms with Gasteiger partial charge in [-0.2, -0.15) is 5.26 Å². The van der Waals surface area contributed by atoms with Crippen molar-refractivity contribution in [3.8, 4) is 11.8 Å². The first-order valence-electron chi connectivity index (χ1n) is 11.8. The molecule has 1 saturated heterocycles. The highest BCUT2D eigenvalue weighted by Gasteiger charge is 2.20. The topological polar surface area (TPSA) is 104 Å². The summed E-state index contributed by atoms with van der Waals surface area (Å²) < 4.78 is 47.9. The second-order valence-electron chi connectivity index (χ2n) is 8.46. The second-order valence-corrected chi connectivity index (χ2v) is 13.5. The molecule has 1 aliphatic rings. The maximum absolute atomic E-state index is 13.6. The number of halogens is 2. The van der Waals surface area contributed by atoms with Crippen LogP contribution in [0.3, 0.4) is 0 Å². The van der Waals surface area contributed by atoms with Gasteiger partial charge in [-0.1, -0.05) is 39.6 Å². The van der Waals surface area contributed by atoms with Crippen LogP contribution < -0.4 is 14.8 Å². The Hall–Kier alpha value is -2.39. The highest BCUT2D eigenvalue weighted by Crippen LogP contribution is 2.40. The lowest BCUT2D eigenvalue weighted by molar-refractivity contribution is 0.342. The molecule has 0 radical (unpaired) electrons. The van der Waals surface area contributed by atoms with Crippen LogP contribution in [0.2, 0.25) is 5.02 Å². The maximum atomic E-state index is 13.6. The van der Waals surface area contributed by atoms with E-state index in [0.717, 1.165) is 18.6 Å². The van der Waals surface area contributed by atoms with Crippen LogP contribution in [-0.2, 0) is 10.0 Å². The smallest absolute Gasteiger partial charge is 0.232 e. The fraction of sp³-hybridized carbons (Fsp3) is 0.360. The SMILES string of the molecule is CCOc1cc2ncc(C#N)c(Nc3ccc(F)c(Cl)c3)c2cc1NS(=O)(=O)CCCCC1CCSS1. The molecular formula is C25H26ClFN4O3S3. The number of aromatic nitrogens is 1. The van der Waals surface area contributed by atoms with E-state index in [4.69, 9.17) is 16.3 Å². The first-order valence-corrected chi connectivity index (χ1v) is 16.2. The van der Waals surface area contributed by atoms with Crippen molar-refractivity contribution in [2.45, 2.75) is 37.9 Å². The van der Waals surface area contributed by atoms with Gasteiger partial charge in [-0.15, -0.1) is 0 Å². The molecule has 2 N–H and O–H groups in total. The average Bonchev–Trinajstić information content (AvgIpc) is 3.38. The molecule has 37 heavy (non-hydrogen) atoms. The molecule has 1 aromatic heterocycles. The Bertz CT molecular complexity index is 1430. The Balaban J connectivity index is 1.63. The van der Waals surface area contributed by atoms with E-state index in [1.807, 2.05) is 21.6 Å². The number of benzene rings is 2. The van der Waals surface area contributed by atoms with Crippen LogP contribution in [0.15, 0.2) is 36.5 Å². The zero-order chi connectivity index (χ0) is 26.4. The molecule has 0 amide bonds. The molecule has 7 nitrogen and oxygen atoms in total. The molecule has 2 aromatic carbocycles. The number of pyridine rings is 1. The normalized spacial score (nSPS) is 15.5. The van der Waals surface area contributed by atoms with Crippen molar-refractivity contribution in [2.24, 2.45) is 0 Å². The number of hydrogen-bond donors (Lipinski definition) is 2. The summed E-state index contributed by atoms with van der Waals surface area (Å²) in [5, 5.41) is 13.8. The maximum Gasteiger partial charge on any atom is 0.232 e. The number of unbranched alkanes of at least 4 members (excludes halogenated alkanes) is 1. The number of sulfonamides is 1. The molecule has 1 fully saturated rings. The molecule has 0 spiro atoms. The summed E-state index contributed by atoms with van der Waals surface area (Å²) in [7, 11) is 0.126. The average molecular weight is 581 g/mol. The van der Waals surface area contributed by atoms with E-state index in [1.54, 1.807) is 19.1 Å². The van der Waals surface area contributed by atoms with E-state index in [1.165, 1.54) is 30.8 Å². The molecule has 0 aliphatic carbocycles. The van der Waals surface area contributed by atoms with Crippen molar-refractivity contribution in [2.75, 3.05) is 28.2 Å². The van der Waals surface area contributed by atoms with Crippen LogP contribution in [-0.4, -0.2) is 36.8 Å². The molecule has 0 saturated carbocycles. The Morgan fingerprint density at radius 3 is 2.84 bits per heavy atom. The number of rotatable bonds is 11. The number of nitrogens with zero attached hydrogens (tertiary/aromatic N) is 2. The second kappa shape index (κ2) is 12.4. The van der Waals surface area contributed by atoms with Crippen LogP contribution in [0.1, 0.15) is 38.2 Å². The third-order valence-corrected chi connectivity index (χ3v) is 10.4. The van der Waals surface area contributed by atoms with Gasteiger partial charge in [-0.3, -0.25) is 9.71 Å². The summed E-state index contributed by atoms with van der Waals surface area (Å²) in [4.78, 5) is 4.36. The van der Waals surface area contributed by atoms with Gasteiger partial charge in [0.2, 0.25) is 10.0 Å². The molecular weight excluding hydrogens is 555 g/mol. The van der Waals surface area contributed by atoms with E-state index in [2.05, 4.69) is 21.1 Å². The summed E-state index contributed by atoms with van der Waals surface area (Å²) in [6, 6.07) is 9.45. The van der Waals surface area contributed by atoms with Crippen molar-refractivity contribution < 1.29 is 17.5 Å². The van der Waals surface area contributed by atoms with Gasteiger partial charge in [-0.05, 0) is 50.5 Å². The number of nitriles is 1. The standard InChI is InChI=1S/C25H26ClFN4O3S3/c1-2-34-24-13-22-19(12-23(24)31-37(32,33)10-4-3-5-18-8-9-35-36-18)25(16(14-28)15-29-22)30-17-6-7-21(27)20(26)11-17/h6-7,11-13,15,18,31H,2-5,8-10H2,1H3,(H,29,30). The molecule has 3 aromatic rings. The van der Waals surface area contributed by atoms with Crippen LogP contribution in [0.5, 0.6) is 5.75 Å². The Morgan fingerprint density at radius 1 is 1.30 bits per heavy atom. The Kier molecular flexibility index (Phi) is 9.29. The minimum Gasteiger partial charge on any atom is -0.492 e. The van der Waals surface area contributed by atoms with Gasteiger partial charge >= 0.3 is 0 Å². The summed E-state index contributed by atoms with van der Waals surface area (Å²) >= 11 is 5.93. The lowest BCUT2D eigenvalue weighted by Gasteiger charge is -2.17. The van der Waals surface area contributed by atoms with Crippen LogP contribution in [0.4, 0.5) is 21.5 Å². The molecule has 1 atom stereocenters. The lowest BCUT2D eigenvalue weighted by atomic mass is 10.1. The van der Waals surface area contributed by atoms with Crippen molar-refractivity contribution in [3.05, 3.63) is 52.9 Å². The van der Waals surface area contributed by atoms with Gasteiger partial charge in [0.1, 0.15) is 17.6 Å². The minimum atomic E-state index is -3.64. The van der Waals surface area contributed by atoms with E-state index in [9.17, 15) is 18.1 Å². The third kappa shape index (κ3) is 7.13. The zero-order valence-electron chi connectivity index (χ0n) is 20.1. The minimum absolute atomic E-state index is 0.00317. The van der Waals surface area contributed by atoms with Crippen LogP contribution >= 0.6 is 33.2 Å². The van der Waals surface area contributed by atoms with Crippen molar-refractivity contribution in [1.82, 2.24) is 4.98 Å². The Morgan fingerprint density at radius 2 is 2.14 bits per heavy atom. The van der Waals surface area contributed by atoms with Gasteiger partial charge in [0, 0.05) is 34.3 Å². The van der Waals surface area contributed by atoms with Gasteiger partial charge in [0.25, 0.3) is 0 Å². The van der Waals surface area contributed by atoms with Crippen molar-refractivity contribution in [1.29, 1.82) is 5.26 Å². The van der Waals surface area contributed by atoms with Gasteiger partial charge < -0.3 is 10.1 Å². The number of hydrogen-bond acceptors (Lipinski definition) is 8. The molecule has 12 heteroatoms. The highest BCUT2D eigenvalue weighted by molar-refractivity contribution is 8.77. The predicted octanol–water partition coefficient (Wildman–Crippen LogP) is 7.11. The Labute approximate surface area is 229 Å². The predicted molar refractivity (Wildman–Crippen MR) is 152 cm³/mol. The molecule has 1 unspecified atom stereocenters. The number of anilines is 3. The third-order valence-electron chi connectivity index (χ3n) is 5.76. The quantitative estimate of drug-likeness (QED) is 0.183. The van der Waals surface area contributed by atoms with Crippen LogP contribution in [0, 0.1) is 17.1 Å². The number of fused-ring (bicyclic) bond motifs is 1. The van der Waals surface area contributed by atoms with Gasteiger partial charge in [0.05, 0.1) is 39.8 Å². The summed E-state index contributed by atoms with van der Waals surface area (Å²) in [6.45, 7) is 2.13. The monoisotopic (exact) mass is 580 g/mol. The molecule has 196 valence electrons. The van der Waals surface area contributed by atoms with E-state index < -0.39 is 15.8 Å². The van der Waals surface area contributed by atoms with Gasteiger partial charge in [-0.25, -0.2) is 12.8 Å². The van der Waals surface area contributed by atoms with Crippen molar-refractivity contribution in [3.63, 3.8) is 0 Å². The van der Waals surface area contributed by atoms with Gasteiger partial charge in [0.15, 0.2) is 0 Å². The summed E-state index contributed by atoms with van der Waals surface area (Å²) in [5.74, 6) is 0.930. The van der Waals surface area contributed by atoms with Crippen LogP contribution in [0.25, 0.3) is 10.9 Å². The largest absolute Gasteiger partial charge is 0.492 e. The van der Waals surface area contributed by atoms with E-state index in [0.29, 0.717) is 46.3 Å². The van der Waals surface area contributed by atoms with E-state index in [-0.39, 0.29) is 22.0 Å². The molecule has 4 rings (SSSR count).